The van der Waals surface area contributed by atoms with Crippen LogP contribution in [0.15, 0.2) is 63.9 Å². The van der Waals surface area contributed by atoms with E-state index in [-0.39, 0.29) is 11.2 Å². The molecule has 0 unspecified atom stereocenters. The number of thiophene rings is 1. The molecule has 0 spiro atoms. The second kappa shape index (κ2) is 8.41. The number of hydrogen-bond acceptors (Lipinski definition) is 6. The number of non-ortho nitro benzene ring substituents is 1. The molecule has 0 aliphatic heterocycles. The topological polar surface area (TPSA) is 88.9 Å². The Morgan fingerprint density at radius 2 is 1.83 bits per heavy atom. The van der Waals surface area contributed by atoms with Crippen LogP contribution in [-0.4, -0.2) is 14.9 Å². The molecule has 0 atom stereocenters. The summed E-state index contributed by atoms with van der Waals surface area (Å²) in [6.07, 6.45) is 0. The summed E-state index contributed by atoms with van der Waals surface area (Å²) < 4.78 is 0. The number of benzene rings is 2. The molecule has 2 heterocycles. The smallest absolute Gasteiger partial charge is 0.269 e. The third-order valence-corrected chi connectivity index (χ3v) is 6.65. The van der Waals surface area contributed by atoms with Gasteiger partial charge in [0.1, 0.15) is 4.83 Å². The van der Waals surface area contributed by atoms with E-state index >= 15 is 0 Å². The minimum atomic E-state index is -0.422. The Balaban J connectivity index is 1.57. The van der Waals surface area contributed by atoms with E-state index in [4.69, 9.17) is 0 Å². The molecule has 2 aromatic heterocycles. The van der Waals surface area contributed by atoms with E-state index < -0.39 is 4.92 Å². The third-order valence-electron chi connectivity index (χ3n) is 4.83. The van der Waals surface area contributed by atoms with Gasteiger partial charge in [-0.05, 0) is 22.6 Å². The lowest BCUT2D eigenvalue weighted by Gasteiger charge is -2.06. The third kappa shape index (κ3) is 4.15. The molecule has 0 aliphatic carbocycles. The van der Waals surface area contributed by atoms with Gasteiger partial charge in [0.15, 0.2) is 5.16 Å². The van der Waals surface area contributed by atoms with Crippen LogP contribution in [-0.2, 0) is 5.75 Å². The number of aromatic nitrogens is 2. The number of thioether (sulfide) groups is 1. The molecule has 152 valence electrons. The van der Waals surface area contributed by atoms with Gasteiger partial charge in [0.2, 0.25) is 0 Å². The zero-order chi connectivity index (χ0) is 21.3. The van der Waals surface area contributed by atoms with E-state index in [0.29, 0.717) is 27.0 Å². The van der Waals surface area contributed by atoms with Crippen LogP contribution >= 0.6 is 23.1 Å². The number of H-pyrrole nitrogens is 1. The van der Waals surface area contributed by atoms with Gasteiger partial charge in [-0.15, -0.1) is 11.3 Å². The molecule has 0 amide bonds. The van der Waals surface area contributed by atoms with Gasteiger partial charge >= 0.3 is 0 Å². The van der Waals surface area contributed by atoms with Crippen LogP contribution in [0.3, 0.4) is 0 Å². The lowest BCUT2D eigenvalue weighted by atomic mass is 9.99. The summed E-state index contributed by atoms with van der Waals surface area (Å²) in [5, 5.41) is 13.9. The highest BCUT2D eigenvalue weighted by atomic mass is 32.2. The Morgan fingerprint density at radius 1 is 1.13 bits per heavy atom. The first-order valence-corrected chi connectivity index (χ1v) is 11.3. The van der Waals surface area contributed by atoms with Crippen molar-refractivity contribution in [3.05, 3.63) is 85.5 Å². The Labute approximate surface area is 181 Å². The predicted molar refractivity (Wildman–Crippen MR) is 122 cm³/mol. The molecular formula is C22H19N3O3S2. The normalized spacial score (nSPS) is 11.3. The Bertz CT molecular complexity index is 1260. The highest BCUT2D eigenvalue weighted by Crippen LogP contribution is 2.32. The van der Waals surface area contributed by atoms with Gasteiger partial charge in [-0.3, -0.25) is 14.9 Å². The second-order valence-corrected chi connectivity index (χ2v) is 9.01. The van der Waals surface area contributed by atoms with Crippen LogP contribution in [0.2, 0.25) is 0 Å². The lowest BCUT2D eigenvalue weighted by Crippen LogP contribution is -2.08. The first kappa shape index (κ1) is 20.3. The molecule has 0 saturated heterocycles. The summed E-state index contributed by atoms with van der Waals surface area (Å²) in [6.45, 7) is 4.30. The number of aromatic amines is 1. The van der Waals surface area contributed by atoms with Crippen molar-refractivity contribution in [2.24, 2.45) is 0 Å². The molecule has 6 nitrogen and oxygen atoms in total. The average molecular weight is 438 g/mol. The van der Waals surface area contributed by atoms with Crippen LogP contribution in [0.4, 0.5) is 5.69 Å². The fourth-order valence-electron chi connectivity index (χ4n) is 3.12. The van der Waals surface area contributed by atoms with Crippen LogP contribution < -0.4 is 5.56 Å². The zero-order valence-corrected chi connectivity index (χ0v) is 18.0. The number of nitro benzene ring substituents is 1. The van der Waals surface area contributed by atoms with Gasteiger partial charge in [-0.1, -0.05) is 62.0 Å². The summed E-state index contributed by atoms with van der Waals surface area (Å²) in [6, 6.07) is 14.7. The van der Waals surface area contributed by atoms with Crippen molar-refractivity contribution in [2.45, 2.75) is 30.7 Å². The summed E-state index contributed by atoms with van der Waals surface area (Å²) >= 11 is 2.85. The number of hydrogen-bond donors (Lipinski definition) is 1. The van der Waals surface area contributed by atoms with Gasteiger partial charge in [-0.25, -0.2) is 4.98 Å². The highest BCUT2D eigenvalue weighted by Gasteiger charge is 2.14. The molecule has 4 rings (SSSR count). The lowest BCUT2D eigenvalue weighted by molar-refractivity contribution is -0.384. The molecule has 2 aromatic carbocycles. The maximum atomic E-state index is 12.8. The molecule has 0 bridgehead atoms. The maximum Gasteiger partial charge on any atom is 0.269 e. The zero-order valence-electron chi connectivity index (χ0n) is 16.4. The molecule has 8 heteroatoms. The number of fused-ring (bicyclic) bond motifs is 1. The van der Waals surface area contributed by atoms with E-state index in [0.717, 1.165) is 16.7 Å². The maximum absolute atomic E-state index is 12.8. The van der Waals surface area contributed by atoms with E-state index in [2.05, 4.69) is 35.9 Å². The monoisotopic (exact) mass is 437 g/mol. The van der Waals surface area contributed by atoms with Gasteiger partial charge in [0.05, 0.1) is 10.3 Å². The van der Waals surface area contributed by atoms with Crippen molar-refractivity contribution < 1.29 is 4.92 Å². The SMILES string of the molecule is CC(C)c1ccc(-c2csc3nc(SCc4ccc([N+](=O)[O-])cc4)[nH]c(=O)c23)cc1. The van der Waals surface area contributed by atoms with Gasteiger partial charge < -0.3 is 4.98 Å². The fourth-order valence-corrected chi connectivity index (χ4v) is 4.95. The van der Waals surface area contributed by atoms with E-state index in [1.807, 2.05) is 17.5 Å². The molecular weight excluding hydrogens is 418 g/mol. The minimum Gasteiger partial charge on any atom is -0.301 e. The van der Waals surface area contributed by atoms with Crippen molar-refractivity contribution in [1.82, 2.24) is 9.97 Å². The largest absolute Gasteiger partial charge is 0.301 e. The van der Waals surface area contributed by atoms with Crippen molar-refractivity contribution >= 4 is 39.0 Å². The summed E-state index contributed by atoms with van der Waals surface area (Å²) in [7, 11) is 0. The van der Waals surface area contributed by atoms with Crippen LogP contribution in [0, 0.1) is 10.1 Å². The number of nitrogens with zero attached hydrogens (tertiary/aromatic N) is 2. The quantitative estimate of drug-likeness (QED) is 0.174. The van der Waals surface area contributed by atoms with Crippen molar-refractivity contribution in [3.63, 3.8) is 0 Å². The van der Waals surface area contributed by atoms with Gasteiger partial charge in [-0.2, -0.15) is 0 Å². The van der Waals surface area contributed by atoms with E-state index in [9.17, 15) is 14.9 Å². The van der Waals surface area contributed by atoms with Crippen molar-refractivity contribution in [1.29, 1.82) is 0 Å². The summed E-state index contributed by atoms with van der Waals surface area (Å²) in [5.41, 5.74) is 3.98. The first-order chi connectivity index (χ1) is 14.4. The molecule has 1 N–H and O–H groups in total. The standard InChI is InChI=1S/C22H19N3O3S2/c1-13(2)15-5-7-16(8-6-15)18-12-29-21-19(18)20(26)23-22(24-21)30-11-14-3-9-17(10-4-14)25(27)28/h3-10,12-13H,11H2,1-2H3,(H,23,24,26). The van der Waals surface area contributed by atoms with Crippen LogP contribution in [0.5, 0.6) is 0 Å². The van der Waals surface area contributed by atoms with Crippen LogP contribution in [0.1, 0.15) is 30.9 Å². The van der Waals surface area contributed by atoms with E-state index in [1.165, 1.54) is 40.8 Å². The average Bonchev–Trinajstić information content (AvgIpc) is 3.17. The Morgan fingerprint density at radius 3 is 2.47 bits per heavy atom. The molecule has 4 aromatic rings. The van der Waals surface area contributed by atoms with Crippen molar-refractivity contribution in [3.8, 4) is 11.1 Å². The van der Waals surface area contributed by atoms with E-state index in [1.54, 1.807) is 12.1 Å². The number of nitro groups is 1. The number of rotatable bonds is 6. The van der Waals surface area contributed by atoms with Crippen molar-refractivity contribution in [2.75, 3.05) is 0 Å². The molecule has 0 radical (unpaired) electrons. The first-order valence-electron chi connectivity index (χ1n) is 9.40. The highest BCUT2D eigenvalue weighted by molar-refractivity contribution is 7.98. The Hall–Kier alpha value is -2.97. The molecule has 30 heavy (non-hydrogen) atoms. The summed E-state index contributed by atoms with van der Waals surface area (Å²) in [5.74, 6) is 1.01. The fraction of sp³-hybridized carbons (Fsp3) is 0.182. The minimum absolute atomic E-state index is 0.0595. The van der Waals surface area contributed by atoms with Gasteiger partial charge in [0, 0.05) is 28.8 Å². The summed E-state index contributed by atoms with van der Waals surface area (Å²) in [4.78, 5) is 31.3. The number of nitrogens with one attached hydrogen (secondary N) is 1. The second-order valence-electron chi connectivity index (χ2n) is 7.19. The predicted octanol–water partition coefficient (Wildman–Crippen LogP) is 5.98. The molecule has 0 fully saturated rings. The van der Waals surface area contributed by atoms with Crippen LogP contribution in [0.25, 0.3) is 21.3 Å². The molecule has 0 saturated carbocycles. The van der Waals surface area contributed by atoms with Gasteiger partial charge in [0.25, 0.3) is 11.2 Å². The Kier molecular flexibility index (Phi) is 5.69. The molecule has 0 aliphatic rings.